The number of hydrogen-bond donors (Lipinski definition) is 1. The summed E-state index contributed by atoms with van der Waals surface area (Å²) in [5.41, 5.74) is 0.357. The molecule has 5 nitrogen and oxygen atoms in total. The third-order valence-corrected chi connectivity index (χ3v) is 5.95. The molecule has 1 aliphatic heterocycles. The number of Topliss-reactive ketones (excluding diaryl/α,β-unsaturated/α-hetero) is 2. The van der Waals surface area contributed by atoms with Gasteiger partial charge in [-0.25, -0.2) is 8.78 Å². The molecule has 0 unspecified atom stereocenters. The van der Waals surface area contributed by atoms with Crippen LogP contribution in [0.15, 0.2) is 36.4 Å². The molecule has 1 N–H and O–H groups in total. The van der Waals surface area contributed by atoms with Crippen LogP contribution in [-0.2, 0) is 33.6 Å². The van der Waals surface area contributed by atoms with Gasteiger partial charge in [-0.2, -0.15) is 0 Å². The molecule has 0 radical (unpaired) electrons. The van der Waals surface area contributed by atoms with Gasteiger partial charge in [0.2, 0.25) is 5.60 Å². The van der Waals surface area contributed by atoms with Crippen molar-refractivity contribution in [3.63, 3.8) is 0 Å². The SMILES string of the molecule is O=C1CCc2cc(N3CC[C@](O)(C(=O)CCc4cc(F)ccc4F)C3=O)ccc2C1. The second-order valence-electron chi connectivity index (χ2n) is 7.89. The quantitative estimate of drug-likeness (QED) is 0.765. The second-order valence-corrected chi connectivity index (χ2v) is 7.89. The van der Waals surface area contributed by atoms with Gasteiger partial charge in [-0.3, -0.25) is 14.4 Å². The zero-order valence-electron chi connectivity index (χ0n) is 16.3. The van der Waals surface area contributed by atoms with E-state index >= 15 is 0 Å². The zero-order chi connectivity index (χ0) is 21.5. The van der Waals surface area contributed by atoms with E-state index < -0.39 is 28.9 Å². The summed E-state index contributed by atoms with van der Waals surface area (Å²) < 4.78 is 27.1. The number of carbonyl (C=O) groups is 3. The van der Waals surface area contributed by atoms with Crippen molar-refractivity contribution in [3.8, 4) is 0 Å². The number of aliphatic hydroxyl groups is 1. The normalized spacial score (nSPS) is 21.1. The zero-order valence-corrected chi connectivity index (χ0v) is 16.3. The Kier molecular flexibility index (Phi) is 5.24. The van der Waals surface area contributed by atoms with Gasteiger partial charge >= 0.3 is 0 Å². The number of aryl methyl sites for hydroxylation is 2. The van der Waals surface area contributed by atoms with Crippen LogP contribution in [0.3, 0.4) is 0 Å². The highest BCUT2D eigenvalue weighted by atomic mass is 19.1. The highest BCUT2D eigenvalue weighted by Crippen LogP contribution is 2.32. The Morgan fingerprint density at radius 3 is 2.67 bits per heavy atom. The molecule has 0 spiro atoms. The van der Waals surface area contributed by atoms with Crippen molar-refractivity contribution < 1.29 is 28.3 Å². The topological polar surface area (TPSA) is 74.7 Å². The lowest BCUT2D eigenvalue weighted by molar-refractivity contribution is -0.147. The first-order chi connectivity index (χ1) is 14.3. The van der Waals surface area contributed by atoms with Gasteiger partial charge in [-0.15, -0.1) is 0 Å². The average Bonchev–Trinajstić information content (AvgIpc) is 3.04. The van der Waals surface area contributed by atoms with Gasteiger partial charge in [-0.05, 0) is 59.9 Å². The first-order valence-corrected chi connectivity index (χ1v) is 9.93. The van der Waals surface area contributed by atoms with E-state index in [1.807, 2.05) is 6.07 Å². The number of rotatable bonds is 5. The maximum Gasteiger partial charge on any atom is 0.266 e. The smallest absolute Gasteiger partial charge is 0.266 e. The Balaban J connectivity index is 1.48. The third kappa shape index (κ3) is 3.65. The molecule has 2 aromatic rings. The largest absolute Gasteiger partial charge is 0.373 e. The van der Waals surface area contributed by atoms with Crippen molar-refractivity contribution in [2.45, 2.75) is 44.1 Å². The maximum absolute atomic E-state index is 13.8. The molecule has 2 aromatic carbocycles. The van der Waals surface area contributed by atoms with E-state index in [-0.39, 0.29) is 37.2 Å². The van der Waals surface area contributed by atoms with Crippen LogP contribution in [0, 0.1) is 11.6 Å². The molecule has 1 aliphatic carbocycles. The van der Waals surface area contributed by atoms with Crippen LogP contribution in [0.4, 0.5) is 14.5 Å². The maximum atomic E-state index is 13.8. The van der Waals surface area contributed by atoms with Crippen LogP contribution in [0.2, 0.25) is 0 Å². The Bertz CT molecular complexity index is 1050. The average molecular weight is 413 g/mol. The minimum absolute atomic E-state index is 0.0264. The minimum Gasteiger partial charge on any atom is -0.373 e. The van der Waals surface area contributed by atoms with E-state index in [0.717, 1.165) is 29.3 Å². The summed E-state index contributed by atoms with van der Waals surface area (Å²) in [6.45, 7) is 0.174. The molecule has 1 fully saturated rings. The Morgan fingerprint density at radius 2 is 1.87 bits per heavy atom. The number of halogens is 2. The van der Waals surface area contributed by atoms with E-state index in [0.29, 0.717) is 24.9 Å². The number of amides is 1. The molecule has 0 aromatic heterocycles. The summed E-state index contributed by atoms with van der Waals surface area (Å²) in [6.07, 6.45) is 0.998. The minimum atomic E-state index is -2.17. The molecule has 1 atom stereocenters. The van der Waals surface area contributed by atoms with Crippen molar-refractivity contribution in [3.05, 3.63) is 64.7 Å². The molecule has 1 saturated heterocycles. The van der Waals surface area contributed by atoms with Gasteiger partial charge in [-0.1, -0.05) is 6.07 Å². The van der Waals surface area contributed by atoms with Gasteiger partial charge < -0.3 is 10.0 Å². The molecule has 4 rings (SSSR count). The Hall–Kier alpha value is -2.93. The fourth-order valence-electron chi connectivity index (χ4n) is 4.16. The van der Waals surface area contributed by atoms with Crippen molar-refractivity contribution in [2.75, 3.05) is 11.4 Å². The molecule has 7 heteroatoms. The predicted molar refractivity (Wildman–Crippen MR) is 105 cm³/mol. The van der Waals surface area contributed by atoms with Crippen LogP contribution in [0.5, 0.6) is 0 Å². The summed E-state index contributed by atoms with van der Waals surface area (Å²) >= 11 is 0. The van der Waals surface area contributed by atoms with Crippen LogP contribution in [-0.4, -0.2) is 34.7 Å². The Morgan fingerprint density at radius 1 is 1.07 bits per heavy atom. The van der Waals surface area contributed by atoms with Crippen LogP contribution >= 0.6 is 0 Å². The number of benzene rings is 2. The third-order valence-electron chi connectivity index (χ3n) is 5.95. The van der Waals surface area contributed by atoms with Gasteiger partial charge in [0.1, 0.15) is 17.4 Å². The highest BCUT2D eigenvalue weighted by Gasteiger charge is 2.50. The Labute approximate surface area is 172 Å². The molecule has 156 valence electrons. The molecule has 1 amide bonds. The molecule has 0 bridgehead atoms. The number of hydrogen-bond acceptors (Lipinski definition) is 4. The standard InChI is InChI=1S/C23H21F2NO4/c24-17-4-7-20(25)16(11-17)3-8-21(28)23(30)9-10-26(22(23)29)18-5-1-15-13-19(27)6-2-14(15)12-18/h1,4-5,7,11-12,30H,2-3,6,8-10,13H2/t23-/m0/s1. The number of ketones is 2. The predicted octanol–water partition coefficient (Wildman–Crippen LogP) is 2.69. The molecular weight excluding hydrogens is 392 g/mol. The summed E-state index contributed by atoms with van der Waals surface area (Å²) in [5, 5.41) is 10.8. The van der Waals surface area contributed by atoms with E-state index in [9.17, 15) is 28.3 Å². The van der Waals surface area contributed by atoms with Crippen molar-refractivity contribution in [2.24, 2.45) is 0 Å². The molecule has 2 aliphatic rings. The van der Waals surface area contributed by atoms with Crippen molar-refractivity contribution in [1.82, 2.24) is 0 Å². The van der Waals surface area contributed by atoms with Crippen LogP contribution in [0.25, 0.3) is 0 Å². The van der Waals surface area contributed by atoms with Gasteiger partial charge in [0, 0.05) is 37.9 Å². The molecule has 0 saturated carbocycles. The van der Waals surface area contributed by atoms with Crippen LogP contribution < -0.4 is 4.90 Å². The lowest BCUT2D eigenvalue weighted by atomic mass is 9.90. The number of carbonyl (C=O) groups excluding carboxylic acids is 3. The van der Waals surface area contributed by atoms with E-state index in [4.69, 9.17) is 0 Å². The summed E-state index contributed by atoms with van der Waals surface area (Å²) in [7, 11) is 0. The number of fused-ring (bicyclic) bond motifs is 1. The monoisotopic (exact) mass is 413 g/mol. The molecular formula is C23H21F2NO4. The first-order valence-electron chi connectivity index (χ1n) is 9.93. The van der Waals surface area contributed by atoms with Gasteiger partial charge in [0.15, 0.2) is 5.78 Å². The summed E-state index contributed by atoms with van der Waals surface area (Å²) in [6, 6.07) is 8.33. The van der Waals surface area contributed by atoms with E-state index in [1.165, 1.54) is 4.90 Å². The lowest BCUT2D eigenvalue weighted by Crippen LogP contribution is -2.47. The summed E-state index contributed by atoms with van der Waals surface area (Å²) in [4.78, 5) is 38.5. The molecule has 1 heterocycles. The van der Waals surface area contributed by atoms with E-state index in [2.05, 4.69) is 0 Å². The van der Waals surface area contributed by atoms with Crippen molar-refractivity contribution >= 4 is 23.2 Å². The van der Waals surface area contributed by atoms with Crippen LogP contribution in [0.1, 0.15) is 36.0 Å². The molecule has 30 heavy (non-hydrogen) atoms. The summed E-state index contributed by atoms with van der Waals surface area (Å²) in [5.74, 6) is -2.48. The number of nitrogens with zero attached hydrogens (tertiary/aromatic N) is 1. The van der Waals surface area contributed by atoms with Crippen molar-refractivity contribution in [1.29, 1.82) is 0 Å². The first kappa shape index (κ1) is 20.3. The number of anilines is 1. The fraction of sp³-hybridized carbons (Fsp3) is 0.348. The lowest BCUT2D eigenvalue weighted by Gasteiger charge is -2.23. The fourth-order valence-corrected chi connectivity index (χ4v) is 4.16. The van der Waals surface area contributed by atoms with Gasteiger partial charge in [0.05, 0.1) is 0 Å². The highest BCUT2D eigenvalue weighted by molar-refractivity contribution is 6.17. The van der Waals surface area contributed by atoms with E-state index in [1.54, 1.807) is 12.1 Å². The van der Waals surface area contributed by atoms with Gasteiger partial charge in [0.25, 0.3) is 5.91 Å². The second kappa shape index (κ2) is 7.72.